The zero-order valence-electron chi connectivity index (χ0n) is 7.88. The molecule has 6 heteroatoms. The summed E-state index contributed by atoms with van der Waals surface area (Å²) in [4.78, 5) is 2.06. The topological polar surface area (TPSA) is 49.4 Å². The fraction of sp³-hybridized carbons (Fsp3) is 1.00. The molecule has 0 aromatic rings. The number of rotatable bonds is 4. The summed E-state index contributed by atoms with van der Waals surface area (Å²) >= 11 is 0. The van der Waals surface area contributed by atoms with Crippen molar-refractivity contribution in [3.05, 3.63) is 0 Å². The molecule has 0 spiro atoms. The number of hydrogen-bond acceptors (Lipinski definition) is 3. The lowest BCUT2D eigenvalue weighted by molar-refractivity contribution is 0.0658. The summed E-state index contributed by atoms with van der Waals surface area (Å²) in [5.74, 6) is 0. The summed E-state index contributed by atoms with van der Waals surface area (Å²) in [6.07, 6.45) is 3.21. The number of nitrogens with one attached hydrogen (secondary N) is 1. The van der Waals surface area contributed by atoms with E-state index in [4.69, 9.17) is 10.7 Å². The molecule has 4 nitrogen and oxygen atoms in total. The molecule has 0 aliphatic heterocycles. The van der Waals surface area contributed by atoms with E-state index in [2.05, 4.69) is 9.62 Å². The van der Waals surface area contributed by atoms with E-state index in [0.29, 0.717) is 6.54 Å². The average Bonchev–Trinajstić information content (AvgIpc) is 1.80. The zero-order valence-corrected chi connectivity index (χ0v) is 9.45. The molecule has 1 saturated carbocycles. The highest BCUT2D eigenvalue weighted by atomic mass is 35.7. The predicted molar refractivity (Wildman–Crippen MR) is 53.0 cm³/mol. The van der Waals surface area contributed by atoms with Crippen molar-refractivity contribution in [1.82, 2.24) is 9.62 Å². The van der Waals surface area contributed by atoms with Gasteiger partial charge in [-0.1, -0.05) is 0 Å². The maximum absolute atomic E-state index is 10.7. The molecular weight excluding hydrogens is 212 g/mol. The Morgan fingerprint density at radius 2 is 2.00 bits per heavy atom. The Hall–Kier alpha value is 0.160. The fourth-order valence-electron chi connectivity index (χ4n) is 1.59. The smallest absolute Gasteiger partial charge is 0.297 e. The van der Waals surface area contributed by atoms with Crippen LogP contribution >= 0.6 is 10.7 Å². The van der Waals surface area contributed by atoms with Crippen molar-refractivity contribution < 1.29 is 8.42 Å². The molecule has 0 saturated heterocycles. The van der Waals surface area contributed by atoms with Crippen LogP contribution in [0.5, 0.6) is 0 Å². The SMILES string of the molecule is CN(C)C1(CNS(=O)(=O)Cl)CCC1. The van der Waals surface area contributed by atoms with Gasteiger partial charge in [0.2, 0.25) is 0 Å². The predicted octanol–water partition coefficient (Wildman–Crippen LogP) is 0.544. The standard InChI is InChI=1S/C7H15ClN2O2S/c1-10(2)7(4-3-5-7)6-9-13(8,11)12/h9H,3-6H2,1-2H3. The monoisotopic (exact) mass is 226 g/mol. The minimum atomic E-state index is -3.57. The van der Waals surface area contributed by atoms with Crippen LogP contribution in [0.4, 0.5) is 0 Å². The Bertz CT molecular complexity index is 272. The van der Waals surface area contributed by atoms with Crippen LogP contribution in [0.15, 0.2) is 0 Å². The van der Waals surface area contributed by atoms with Crippen LogP contribution in [-0.2, 0) is 9.24 Å². The lowest BCUT2D eigenvalue weighted by atomic mass is 9.76. The molecular formula is C7H15ClN2O2S. The lowest BCUT2D eigenvalue weighted by Crippen LogP contribution is -2.56. The molecule has 0 bridgehead atoms. The van der Waals surface area contributed by atoms with Crippen molar-refractivity contribution in [2.24, 2.45) is 0 Å². The Kier molecular flexibility index (Phi) is 3.22. The quantitative estimate of drug-likeness (QED) is 0.713. The largest absolute Gasteiger partial charge is 0.302 e. The van der Waals surface area contributed by atoms with E-state index in [9.17, 15) is 8.42 Å². The van der Waals surface area contributed by atoms with Crippen molar-refractivity contribution in [2.75, 3.05) is 20.6 Å². The number of halogens is 1. The van der Waals surface area contributed by atoms with Gasteiger partial charge >= 0.3 is 0 Å². The molecule has 0 amide bonds. The zero-order chi connectivity index (χ0) is 10.1. The van der Waals surface area contributed by atoms with Crippen LogP contribution in [0.1, 0.15) is 19.3 Å². The third-order valence-electron chi connectivity index (χ3n) is 2.81. The minimum absolute atomic E-state index is 0.0119. The van der Waals surface area contributed by atoms with Crippen LogP contribution in [0.25, 0.3) is 0 Å². The van der Waals surface area contributed by atoms with Crippen molar-refractivity contribution in [1.29, 1.82) is 0 Å². The van der Waals surface area contributed by atoms with E-state index < -0.39 is 9.24 Å². The highest BCUT2D eigenvalue weighted by molar-refractivity contribution is 8.12. The Morgan fingerprint density at radius 3 is 2.23 bits per heavy atom. The summed E-state index contributed by atoms with van der Waals surface area (Å²) in [6.45, 7) is 0.409. The second-order valence-corrected chi connectivity index (χ2v) is 6.11. The Morgan fingerprint density at radius 1 is 1.46 bits per heavy atom. The summed E-state index contributed by atoms with van der Waals surface area (Å²) < 4.78 is 23.7. The van der Waals surface area contributed by atoms with E-state index in [0.717, 1.165) is 19.3 Å². The first-order valence-corrected chi connectivity index (χ1v) is 6.53. The molecule has 1 N–H and O–H groups in total. The highest BCUT2D eigenvalue weighted by Crippen LogP contribution is 2.35. The maximum Gasteiger partial charge on any atom is 0.297 e. The third kappa shape index (κ3) is 2.80. The van der Waals surface area contributed by atoms with E-state index in [1.54, 1.807) is 0 Å². The maximum atomic E-state index is 10.7. The molecule has 0 radical (unpaired) electrons. The molecule has 0 atom stereocenters. The first-order chi connectivity index (χ1) is 5.86. The van der Waals surface area contributed by atoms with E-state index in [-0.39, 0.29) is 5.54 Å². The van der Waals surface area contributed by atoms with Crippen molar-refractivity contribution in [2.45, 2.75) is 24.8 Å². The summed E-state index contributed by atoms with van der Waals surface area (Å²) in [5.41, 5.74) is -0.0119. The first kappa shape index (κ1) is 11.2. The van der Waals surface area contributed by atoms with E-state index in [1.165, 1.54) is 0 Å². The molecule has 0 heterocycles. The normalized spacial score (nSPS) is 21.5. The van der Waals surface area contributed by atoms with Crippen LogP contribution in [0.3, 0.4) is 0 Å². The summed E-state index contributed by atoms with van der Waals surface area (Å²) in [6, 6.07) is 0. The average molecular weight is 227 g/mol. The molecule has 1 aliphatic carbocycles. The molecule has 0 unspecified atom stereocenters. The molecule has 1 fully saturated rings. The van der Waals surface area contributed by atoms with Crippen LogP contribution < -0.4 is 4.72 Å². The molecule has 0 aromatic carbocycles. The number of hydrogen-bond donors (Lipinski definition) is 1. The van der Waals surface area contributed by atoms with Gasteiger partial charge in [0.05, 0.1) is 0 Å². The van der Waals surface area contributed by atoms with Gasteiger partial charge in [-0.15, -0.1) is 0 Å². The van der Waals surface area contributed by atoms with Gasteiger partial charge in [-0.05, 0) is 33.4 Å². The van der Waals surface area contributed by atoms with Gasteiger partial charge in [-0.3, -0.25) is 0 Å². The molecule has 1 rings (SSSR count). The number of likely N-dealkylation sites (N-methyl/N-ethyl adjacent to an activating group) is 1. The highest BCUT2D eigenvalue weighted by Gasteiger charge is 2.39. The summed E-state index contributed by atoms with van der Waals surface area (Å²) in [7, 11) is 5.42. The van der Waals surface area contributed by atoms with Gasteiger partial charge in [0.25, 0.3) is 9.24 Å². The van der Waals surface area contributed by atoms with Gasteiger partial charge in [0.15, 0.2) is 0 Å². The molecule has 13 heavy (non-hydrogen) atoms. The van der Waals surface area contributed by atoms with Gasteiger partial charge < -0.3 is 4.90 Å². The molecule has 0 aromatic heterocycles. The van der Waals surface area contributed by atoms with Gasteiger partial charge in [0, 0.05) is 22.8 Å². The fourth-order valence-corrected chi connectivity index (χ4v) is 2.19. The van der Waals surface area contributed by atoms with Crippen LogP contribution in [0.2, 0.25) is 0 Å². The molecule has 1 aliphatic rings. The van der Waals surface area contributed by atoms with Crippen LogP contribution in [0, 0.1) is 0 Å². The second kappa shape index (κ2) is 3.73. The van der Waals surface area contributed by atoms with Crippen molar-refractivity contribution in [3.8, 4) is 0 Å². The van der Waals surface area contributed by atoms with Crippen LogP contribution in [-0.4, -0.2) is 39.5 Å². The van der Waals surface area contributed by atoms with Crippen molar-refractivity contribution in [3.63, 3.8) is 0 Å². The van der Waals surface area contributed by atoms with E-state index >= 15 is 0 Å². The first-order valence-electron chi connectivity index (χ1n) is 4.22. The lowest BCUT2D eigenvalue weighted by Gasteiger charge is -2.47. The molecule has 78 valence electrons. The Labute approximate surface area is 83.8 Å². The minimum Gasteiger partial charge on any atom is -0.302 e. The second-order valence-electron chi connectivity index (χ2n) is 3.73. The Balaban J connectivity index is 2.51. The van der Waals surface area contributed by atoms with Gasteiger partial charge in [-0.25, -0.2) is 4.72 Å². The number of nitrogens with zero attached hydrogens (tertiary/aromatic N) is 1. The third-order valence-corrected chi connectivity index (χ3v) is 3.62. The summed E-state index contributed by atoms with van der Waals surface area (Å²) in [5, 5.41) is 0. The van der Waals surface area contributed by atoms with Gasteiger partial charge in [-0.2, -0.15) is 8.42 Å². The van der Waals surface area contributed by atoms with E-state index in [1.807, 2.05) is 14.1 Å². The van der Waals surface area contributed by atoms with Crippen molar-refractivity contribution >= 4 is 19.9 Å². The van der Waals surface area contributed by atoms with Gasteiger partial charge in [0.1, 0.15) is 0 Å².